The molecule has 13 heavy (non-hydrogen) atoms. The number of rotatable bonds is 0. The third-order valence-corrected chi connectivity index (χ3v) is 2.87. The molecule has 0 saturated carbocycles. The Kier molecular flexibility index (Phi) is 2.79. The van der Waals surface area contributed by atoms with Crippen LogP contribution in [0.1, 0.15) is 5.56 Å². The van der Waals surface area contributed by atoms with E-state index in [2.05, 4.69) is 4.18 Å². The Morgan fingerprint density at radius 1 is 1.15 bits per heavy atom. The summed E-state index contributed by atoms with van der Waals surface area (Å²) in [4.78, 5) is 8.23. The quantitative estimate of drug-likeness (QED) is 0.579. The summed E-state index contributed by atoms with van der Waals surface area (Å²) in [6.45, 7) is 2.15. The van der Waals surface area contributed by atoms with E-state index >= 15 is 0 Å². The molecule has 2 bridgehead atoms. The normalized spacial score (nSPS) is 16.9. The molecule has 5 heteroatoms. The lowest BCUT2D eigenvalue weighted by atomic mass is 10.2. The van der Waals surface area contributed by atoms with Gasteiger partial charge in [-0.3, -0.25) is 4.18 Å². The van der Waals surface area contributed by atoms with Gasteiger partial charge in [-0.1, -0.05) is 12.1 Å². The lowest BCUT2D eigenvalue weighted by molar-refractivity contribution is -0.0979. The summed E-state index contributed by atoms with van der Waals surface area (Å²) in [5.41, 5.74) is 0.884. The van der Waals surface area contributed by atoms with Crippen molar-refractivity contribution in [1.29, 1.82) is 0 Å². The second-order valence-corrected chi connectivity index (χ2v) is 3.98. The molecule has 1 aromatic carbocycles. The van der Waals surface area contributed by atoms with Crippen molar-refractivity contribution in [3.63, 3.8) is 0 Å². The van der Waals surface area contributed by atoms with Crippen molar-refractivity contribution < 1.29 is 17.4 Å². The van der Waals surface area contributed by atoms with E-state index in [9.17, 15) is 8.42 Å². The number of hydrogen-bond acceptors (Lipinski definition) is 4. The molecule has 2 heterocycles. The number of carbonyl (C=O) groups excluding carboxylic acids is 1. The molecular weight excluding hydrogens is 192 g/mol. The van der Waals surface area contributed by atoms with Gasteiger partial charge in [-0.05, 0) is 17.7 Å². The second kappa shape index (κ2) is 3.68. The number of benzene rings is 1. The molecule has 3 rings (SSSR count). The molecule has 0 atom stereocenters. The van der Waals surface area contributed by atoms with Gasteiger partial charge in [-0.25, -0.2) is 0 Å². The maximum absolute atomic E-state index is 11.1. The highest BCUT2D eigenvalue weighted by molar-refractivity contribution is 7.86. The summed E-state index contributed by atoms with van der Waals surface area (Å²) in [5, 5.41) is 0. The molecule has 1 aromatic rings. The summed E-state index contributed by atoms with van der Waals surface area (Å²) in [5.74, 6) is 0. The lowest BCUT2D eigenvalue weighted by Gasteiger charge is -1.96. The fraction of sp³-hybridized carbons (Fsp3) is 0.125. The molecule has 2 aliphatic rings. The third kappa shape index (κ3) is 1.93. The zero-order valence-corrected chi connectivity index (χ0v) is 7.58. The van der Waals surface area contributed by atoms with E-state index in [1.165, 1.54) is 0 Å². The molecule has 70 valence electrons. The molecular formula is C8H8O4S. The summed E-state index contributed by atoms with van der Waals surface area (Å²) < 4.78 is 26.8. The zero-order chi connectivity index (χ0) is 9.90. The maximum atomic E-state index is 11.1. The first-order valence-electron chi connectivity index (χ1n) is 3.46. The van der Waals surface area contributed by atoms with Gasteiger partial charge < -0.3 is 4.79 Å². The lowest BCUT2D eigenvalue weighted by Crippen LogP contribution is -2.01. The van der Waals surface area contributed by atoms with E-state index < -0.39 is 10.1 Å². The summed E-state index contributed by atoms with van der Waals surface area (Å²) in [7, 11) is -3.45. The first-order chi connectivity index (χ1) is 6.18. The summed E-state index contributed by atoms with van der Waals surface area (Å²) in [6, 6.07) is 6.61. The van der Waals surface area contributed by atoms with Crippen LogP contribution in [0.5, 0.6) is 0 Å². The zero-order valence-electron chi connectivity index (χ0n) is 6.76. The van der Waals surface area contributed by atoms with Crippen LogP contribution in [0.15, 0.2) is 29.2 Å². The van der Waals surface area contributed by atoms with Crippen molar-refractivity contribution in [2.75, 3.05) is 0 Å². The van der Waals surface area contributed by atoms with Gasteiger partial charge in [0.1, 0.15) is 6.79 Å². The fourth-order valence-electron chi connectivity index (χ4n) is 0.966. The first kappa shape index (κ1) is 9.88. The molecule has 0 aromatic heterocycles. The van der Waals surface area contributed by atoms with E-state index in [-0.39, 0.29) is 11.5 Å². The Bertz CT molecular complexity index is 379. The van der Waals surface area contributed by atoms with Crippen LogP contribution in [0.4, 0.5) is 0 Å². The van der Waals surface area contributed by atoms with Crippen LogP contribution in [-0.2, 0) is 25.7 Å². The number of carbonyl (C=O) groups is 1. The van der Waals surface area contributed by atoms with Gasteiger partial charge in [-0.15, -0.1) is 0 Å². The minimum Gasteiger partial charge on any atom is -0.307 e. The van der Waals surface area contributed by atoms with E-state index in [0.717, 1.165) is 5.56 Å². The van der Waals surface area contributed by atoms with E-state index in [1.807, 2.05) is 6.79 Å². The predicted molar refractivity (Wildman–Crippen MR) is 45.5 cm³/mol. The Labute approximate surface area is 76.3 Å². The van der Waals surface area contributed by atoms with Crippen molar-refractivity contribution in [2.24, 2.45) is 0 Å². The molecule has 0 saturated heterocycles. The van der Waals surface area contributed by atoms with Crippen LogP contribution in [0.3, 0.4) is 0 Å². The van der Waals surface area contributed by atoms with Crippen molar-refractivity contribution in [1.82, 2.24) is 0 Å². The van der Waals surface area contributed by atoms with Crippen molar-refractivity contribution in [2.45, 2.75) is 11.5 Å². The van der Waals surface area contributed by atoms with Gasteiger partial charge in [0, 0.05) is 0 Å². The maximum Gasteiger partial charge on any atom is 0.297 e. The predicted octanol–water partition coefficient (Wildman–Crippen LogP) is 0.721. The van der Waals surface area contributed by atoms with E-state index in [0.29, 0.717) is 0 Å². The van der Waals surface area contributed by atoms with Crippen molar-refractivity contribution >= 4 is 16.9 Å². The molecule has 0 unspecified atom stereocenters. The molecule has 0 radical (unpaired) electrons. The van der Waals surface area contributed by atoms with Crippen LogP contribution >= 0.6 is 0 Å². The Morgan fingerprint density at radius 2 is 1.69 bits per heavy atom. The van der Waals surface area contributed by atoms with Crippen LogP contribution in [0, 0.1) is 0 Å². The molecule has 4 nitrogen and oxygen atoms in total. The molecule has 0 amide bonds. The fourth-order valence-corrected chi connectivity index (χ4v) is 1.86. The average molecular weight is 200 g/mol. The monoisotopic (exact) mass is 200 g/mol. The Hall–Kier alpha value is -1.20. The molecule has 0 aliphatic carbocycles. The van der Waals surface area contributed by atoms with Crippen LogP contribution in [-0.4, -0.2) is 15.2 Å². The largest absolute Gasteiger partial charge is 0.307 e. The van der Waals surface area contributed by atoms with Crippen LogP contribution in [0.2, 0.25) is 0 Å². The first-order valence-corrected chi connectivity index (χ1v) is 4.86. The minimum absolute atomic E-state index is 0.152. The highest BCUT2D eigenvalue weighted by Crippen LogP contribution is 2.19. The SMILES string of the molecule is C=O.O=S1(=O)OCc2ccc1cc2. The van der Waals surface area contributed by atoms with Crippen LogP contribution < -0.4 is 0 Å². The molecule has 0 N–H and O–H groups in total. The van der Waals surface area contributed by atoms with Crippen LogP contribution in [0.25, 0.3) is 0 Å². The Morgan fingerprint density at radius 3 is 2.23 bits per heavy atom. The van der Waals surface area contributed by atoms with E-state index in [4.69, 9.17) is 4.79 Å². The summed E-state index contributed by atoms with van der Waals surface area (Å²) in [6.07, 6.45) is 0. The van der Waals surface area contributed by atoms with Gasteiger partial charge in [-0.2, -0.15) is 8.42 Å². The van der Waals surface area contributed by atoms with E-state index in [1.54, 1.807) is 24.3 Å². The van der Waals surface area contributed by atoms with Crippen molar-refractivity contribution in [3.8, 4) is 0 Å². The average Bonchev–Trinajstić information content (AvgIpc) is 2.39. The molecule has 0 fully saturated rings. The molecule has 0 spiro atoms. The highest BCUT2D eigenvalue weighted by atomic mass is 32.2. The van der Waals surface area contributed by atoms with Gasteiger partial charge in [0.15, 0.2) is 0 Å². The topological polar surface area (TPSA) is 60.4 Å². The number of hydrogen-bond donors (Lipinski definition) is 0. The Balaban J connectivity index is 0.000000396. The number of fused-ring (bicyclic) bond motifs is 4. The standard InChI is InChI=1S/C7H6O3S.CH2O/c8-11(9)7-3-1-6(2-4-7)5-10-11;1-2/h1-4H,5H2;1H2. The minimum atomic E-state index is -3.45. The molecule has 2 aliphatic heterocycles. The smallest absolute Gasteiger partial charge is 0.297 e. The van der Waals surface area contributed by atoms with Crippen molar-refractivity contribution in [3.05, 3.63) is 29.8 Å². The van der Waals surface area contributed by atoms with Gasteiger partial charge in [0.2, 0.25) is 0 Å². The van der Waals surface area contributed by atoms with Gasteiger partial charge >= 0.3 is 0 Å². The summed E-state index contributed by atoms with van der Waals surface area (Å²) >= 11 is 0. The second-order valence-electron chi connectivity index (χ2n) is 2.36. The van der Waals surface area contributed by atoms with Gasteiger partial charge in [0.25, 0.3) is 10.1 Å². The third-order valence-electron chi connectivity index (χ3n) is 1.59. The van der Waals surface area contributed by atoms with Gasteiger partial charge in [0.05, 0.1) is 11.5 Å². The highest BCUT2D eigenvalue weighted by Gasteiger charge is 2.18.